The molecule has 0 aromatic carbocycles. The Morgan fingerprint density at radius 2 is 2.07 bits per heavy atom. The molecule has 0 radical (unpaired) electrons. The average Bonchev–Trinajstić information content (AvgIpc) is 2.74. The van der Waals surface area contributed by atoms with Crippen LogP contribution >= 0.6 is 0 Å². The van der Waals surface area contributed by atoms with Crippen molar-refractivity contribution in [3.05, 3.63) is 54.0 Å². The van der Waals surface area contributed by atoms with Crippen LogP contribution in [-0.2, 0) is 10.0 Å². The van der Waals surface area contributed by atoms with E-state index in [2.05, 4.69) is 15.3 Å². The lowest BCUT2D eigenvalue weighted by atomic mass is 10.1. The van der Waals surface area contributed by atoms with E-state index in [9.17, 15) is 13.2 Å². The third-order valence-corrected chi connectivity index (χ3v) is 6.63. The molecule has 3 rings (SSSR count). The molecule has 1 aliphatic rings. The molecule has 0 bridgehead atoms. The zero-order valence-electron chi connectivity index (χ0n) is 16.0. The van der Waals surface area contributed by atoms with Crippen LogP contribution in [0, 0.1) is 11.3 Å². The minimum absolute atomic E-state index is 0.231. The summed E-state index contributed by atoms with van der Waals surface area (Å²) in [5, 5.41) is 20.5. The first-order chi connectivity index (χ1) is 14.4. The first-order valence-corrected chi connectivity index (χ1v) is 10.9. The van der Waals surface area contributed by atoms with Crippen molar-refractivity contribution in [2.45, 2.75) is 25.0 Å². The van der Waals surface area contributed by atoms with Gasteiger partial charge < -0.3 is 15.2 Å². The maximum absolute atomic E-state index is 12.9. The summed E-state index contributed by atoms with van der Waals surface area (Å²) < 4.78 is 32.9. The number of nitrogens with zero attached hydrogens (tertiary/aromatic N) is 4. The second kappa shape index (κ2) is 9.51. The molecule has 1 amide bonds. The van der Waals surface area contributed by atoms with Gasteiger partial charge in [0.05, 0.1) is 11.8 Å². The molecule has 1 fully saturated rings. The summed E-state index contributed by atoms with van der Waals surface area (Å²) >= 11 is 0. The van der Waals surface area contributed by atoms with Gasteiger partial charge in [-0.2, -0.15) is 5.26 Å². The smallest absolute Gasteiger partial charge is 0.405 e. The Morgan fingerprint density at radius 3 is 2.70 bits per heavy atom. The predicted molar refractivity (Wildman–Crippen MR) is 106 cm³/mol. The van der Waals surface area contributed by atoms with E-state index in [1.807, 2.05) is 6.07 Å². The van der Waals surface area contributed by atoms with Crippen LogP contribution in [0.5, 0.6) is 5.88 Å². The van der Waals surface area contributed by atoms with E-state index < -0.39 is 27.9 Å². The standard InChI is InChI=1S/C19H21N5O5S/c20-11-14-3-2-8-22-18(14)29-16-5-9-24(10-6-16)30(27,28)13-17(23-19(25)26)15-4-1-7-21-12-15/h1-4,7-8,12,16-17,23H,5-6,9-10,13H2,(H,25,26). The number of carbonyl (C=O) groups is 1. The van der Waals surface area contributed by atoms with Gasteiger partial charge in [0.15, 0.2) is 0 Å². The molecular weight excluding hydrogens is 410 g/mol. The summed E-state index contributed by atoms with van der Waals surface area (Å²) in [6.45, 7) is 0.461. The first kappa shape index (κ1) is 21.5. The number of nitriles is 1. The van der Waals surface area contributed by atoms with E-state index >= 15 is 0 Å². The van der Waals surface area contributed by atoms with Gasteiger partial charge in [0.2, 0.25) is 15.9 Å². The van der Waals surface area contributed by atoms with Crippen LogP contribution in [0.2, 0.25) is 0 Å². The second-order valence-corrected chi connectivity index (χ2v) is 8.76. The molecule has 1 unspecified atom stereocenters. The minimum Gasteiger partial charge on any atom is -0.473 e. The second-order valence-electron chi connectivity index (χ2n) is 6.75. The number of carboxylic acid groups (broad SMARTS) is 1. The molecule has 30 heavy (non-hydrogen) atoms. The van der Waals surface area contributed by atoms with Crippen LogP contribution in [0.4, 0.5) is 4.79 Å². The molecule has 2 aromatic heterocycles. The van der Waals surface area contributed by atoms with Crippen molar-refractivity contribution in [2.24, 2.45) is 0 Å². The van der Waals surface area contributed by atoms with Crippen LogP contribution in [0.15, 0.2) is 42.9 Å². The molecule has 0 spiro atoms. The Kier molecular flexibility index (Phi) is 6.81. The van der Waals surface area contributed by atoms with E-state index in [0.717, 1.165) is 0 Å². The monoisotopic (exact) mass is 431 g/mol. The number of piperidine rings is 1. The maximum Gasteiger partial charge on any atom is 0.405 e. The molecule has 1 aliphatic heterocycles. The van der Waals surface area contributed by atoms with E-state index in [1.54, 1.807) is 24.3 Å². The third-order valence-electron chi connectivity index (χ3n) is 4.73. The van der Waals surface area contributed by atoms with Gasteiger partial charge in [0.25, 0.3) is 0 Å². The van der Waals surface area contributed by atoms with Crippen LogP contribution in [0.25, 0.3) is 0 Å². The van der Waals surface area contributed by atoms with Crippen LogP contribution in [-0.4, -0.2) is 58.8 Å². The molecule has 10 nitrogen and oxygen atoms in total. The Hall–Kier alpha value is -3.23. The molecule has 3 heterocycles. The molecular formula is C19H21N5O5S. The van der Waals surface area contributed by atoms with Gasteiger partial charge in [-0.25, -0.2) is 22.5 Å². The zero-order chi connectivity index (χ0) is 21.6. The molecule has 158 valence electrons. The van der Waals surface area contributed by atoms with Crippen LogP contribution in [0.3, 0.4) is 0 Å². The highest BCUT2D eigenvalue weighted by Gasteiger charge is 2.32. The van der Waals surface area contributed by atoms with Crippen molar-refractivity contribution in [2.75, 3.05) is 18.8 Å². The molecule has 2 aromatic rings. The third kappa shape index (κ3) is 5.43. The van der Waals surface area contributed by atoms with E-state index in [-0.39, 0.29) is 25.1 Å². The summed E-state index contributed by atoms with van der Waals surface area (Å²) in [5.41, 5.74) is 0.799. The zero-order valence-corrected chi connectivity index (χ0v) is 16.8. The van der Waals surface area contributed by atoms with Gasteiger partial charge >= 0.3 is 6.09 Å². The van der Waals surface area contributed by atoms with E-state index in [1.165, 1.54) is 22.9 Å². The van der Waals surface area contributed by atoms with E-state index in [4.69, 9.17) is 15.1 Å². The summed E-state index contributed by atoms with van der Waals surface area (Å²) in [6, 6.07) is 7.59. The fourth-order valence-electron chi connectivity index (χ4n) is 3.22. The van der Waals surface area contributed by atoms with Gasteiger partial charge in [-0.05, 0) is 36.6 Å². The number of rotatable bonds is 7. The van der Waals surface area contributed by atoms with Crippen molar-refractivity contribution >= 4 is 16.1 Å². The van der Waals surface area contributed by atoms with E-state index in [0.29, 0.717) is 24.0 Å². The fraction of sp³-hybridized carbons (Fsp3) is 0.368. The highest BCUT2D eigenvalue weighted by molar-refractivity contribution is 7.89. The number of sulfonamides is 1. The number of pyridine rings is 2. The number of ether oxygens (including phenoxy) is 1. The predicted octanol–water partition coefficient (Wildman–Crippen LogP) is 1.53. The average molecular weight is 431 g/mol. The highest BCUT2D eigenvalue weighted by Crippen LogP contribution is 2.23. The first-order valence-electron chi connectivity index (χ1n) is 9.28. The number of hydrogen-bond acceptors (Lipinski definition) is 7. The van der Waals surface area contributed by atoms with Crippen molar-refractivity contribution < 1.29 is 23.1 Å². The summed E-state index contributed by atoms with van der Waals surface area (Å²) in [7, 11) is -3.73. The van der Waals surface area contributed by atoms with Crippen molar-refractivity contribution in [3.8, 4) is 11.9 Å². The molecule has 1 atom stereocenters. The van der Waals surface area contributed by atoms with Gasteiger partial charge in [0.1, 0.15) is 17.7 Å². The van der Waals surface area contributed by atoms with Gasteiger partial charge in [-0.3, -0.25) is 4.98 Å². The SMILES string of the molecule is N#Cc1cccnc1OC1CCN(S(=O)(=O)CC(NC(=O)O)c2cccnc2)CC1. The Balaban J connectivity index is 1.63. The van der Waals surface area contributed by atoms with Gasteiger partial charge in [-0.1, -0.05) is 6.07 Å². The van der Waals surface area contributed by atoms with Crippen molar-refractivity contribution in [1.29, 1.82) is 5.26 Å². The van der Waals surface area contributed by atoms with Crippen molar-refractivity contribution in [1.82, 2.24) is 19.6 Å². The Bertz CT molecular complexity index is 1020. The molecule has 1 saturated heterocycles. The summed E-state index contributed by atoms with van der Waals surface area (Å²) in [5.74, 6) is -0.168. The van der Waals surface area contributed by atoms with Gasteiger partial charge in [0, 0.05) is 31.7 Å². The van der Waals surface area contributed by atoms with Crippen LogP contribution < -0.4 is 10.1 Å². The number of hydrogen-bond donors (Lipinski definition) is 2. The molecule has 2 N–H and O–H groups in total. The number of amides is 1. The fourth-order valence-corrected chi connectivity index (χ4v) is 4.90. The van der Waals surface area contributed by atoms with Crippen molar-refractivity contribution in [3.63, 3.8) is 0 Å². The normalized spacial score (nSPS) is 16.4. The highest BCUT2D eigenvalue weighted by atomic mass is 32.2. The van der Waals surface area contributed by atoms with Gasteiger partial charge in [-0.15, -0.1) is 0 Å². The minimum atomic E-state index is -3.73. The lowest BCUT2D eigenvalue weighted by molar-refractivity contribution is 0.129. The molecule has 11 heteroatoms. The number of aromatic nitrogens is 2. The molecule has 0 saturated carbocycles. The largest absolute Gasteiger partial charge is 0.473 e. The lowest BCUT2D eigenvalue weighted by Crippen LogP contribution is -2.45. The summed E-state index contributed by atoms with van der Waals surface area (Å²) in [6.07, 6.45) is 3.80. The Morgan fingerprint density at radius 1 is 1.33 bits per heavy atom. The Labute approximate surface area is 174 Å². The quantitative estimate of drug-likeness (QED) is 0.671. The van der Waals surface area contributed by atoms with Crippen LogP contribution in [0.1, 0.15) is 30.0 Å². The number of nitrogens with one attached hydrogen (secondary N) is 1. The maximum atomic E-state index is 12.9. The summed E-state index contributed by atoms with van der Waals surface area (Å²) in [4.78, 5) is 19.1. The lowest BCUT2D eigenvalue weighted by Gasteiger charge is -2.32. The topological polar surface area (TPSA) is 146 Å². The molecule has 0 aliphatic carbocycles.